The smallest absolute Gasteiger partial charge is 0.408 e. The molecule has 0 aromatic heterocycles. The van der Waals surface area contributed by atoms with Crippen molar-refractivity contribution in [3.63, 3.8) is 0 Å². The van der Waals surface area contributed by atoms with E-state index in [1.807, 2.05) is 0 Å². The minimum absolute atomic E-state index is 0.120. The Bertz CT molecular complexity index is 233. The van der Waals surface area contributed by atoms with Crippen LogP contribution in [0.5, 0.6) is 0 Å². The summed E-state index contributed by atoms with van der Waals surface area (Å²) in [5, 5.41) is 2.89. The molecule has 2 aliphatic rings. The lowest BCUT2D eigenvalue weighted by atomic mass is 9.82. The number of carbonyl (C=O) groups is 1. The van der Waals surface area contributed by atoms with Gasteiger partial charge in [-0.3, -0.25) is 0 Å². The van der Waals surface area contributed by atoms with Crippen LogP contribution < -0.4 is 5.32 Å². The molecular weight excluding hydrogens is 178 g/mol. The van der Waals surface area contributed by atoms with Gasteiger partial charge in [0.15, 0.2) is 0 Å². The number of amides is 1. The fourth-order valence-electron chi connectivity index (χ4n) is 2.52. The average molecular weight is 195 g/mol. The Morgan fingerprint density at radius 2 is 2.07 bits per heavy atom. The molecule has 0 aromatic rings. The van der Waals surface area contributed by atoms with Gasteiger partial charge in [-0.15, -0.1) is 0 Å². The van der Waals surface area contributed by atoms with Gasteiger partial charge in [0.1, 0.15) is 6.10 Å². The lowest BCUT2D eigenvalue weighted by Crippen LogP contribution is -2.39. The number of nitrogens with one attached hydrogen (secondary N) is 1. The second-order valence-corrected chi connectivity index (χ2v) is 4.17. The van der Waals surface area contributed by atoms with Crippen molar-refractivity contribution >= 4 is 6.09 Å². The zero-order valence-electron chi connectivity index (χ0n) is 8.37. The summed E-state index contributed by atoms with van der Waals surface area (Å²) >= 11 is 0. The lowest BCUT2D eigenvalue weighted by Gasteiger charge is -2.28. The Morgan fingerprint density at radius 1 is 1.36 bits per heavy atom. The van der Waals surface area contributed by atoms with Gasteiger partial charge in [0.25, 0.3) is 0 Å². The molecule has 1 saturated heterocycles. The van der Waals surface area contributed by atoms with Gasteiger partial charge in [-0.25, -0.2) is 4.79 Å². The quantitative estimate of drug-likeness (QED) is 0.686. The summed E-state index contributed by atoms with van der Waals surface area (Å²) in [6.07, 6.45) is 7.63. The predicted molar refractivity (Wildman–Crippen MR) is 54.0 cm³/mol. The molecule has 0 spiro atoms. The molecule has 78 valence electrons. The van der Waals surface area contributed by atoms with Crippen molar-refractivity contribution in [3.05, 3.63) is 12.7 Å². The summed E-state index contributed by atoms with van der Waals surface area (Å²) in [5.41, 5.74) is 0. The predicted octanol–water partition coefficient (Wildman–Crippen LogP) is 2.23. The van der Waals surface area contributed by atoms with E-state index in [9.17, 15) is 4.79 Å². The molecule has 1 heterocycles. The van der Waals surface area contributed by atoms with E-state index in [-0.39, 0.29) is 18.2 Å². The fourth-order valence-corrected chi connectivity index (χ4v) is 2.52. The van der Waals surface area contributed by atoms with Crippen LogP contribution in [0.4, 0.5) is 4.79 Å². The first-order chi connectivity index (χ1) is 6.81. The topological polar surface area (TPSA) is 38.3 Å². The van der Waals surface area contributed by atoms with E-state index in [0.717, 1.165) is 0 Å². The molecule has 0 bridgehead atoms. The molecule has 3 nitrogen and oxygen atoms in total. The Hall–Kier alpha value is -0.990. The molecule has 0 aromatic carbocycles. The van der Waals surface area contributed by atoms with Crippen LogP contribution in [0.15, 0.2) is 12.7 Å². The van der Waals surface area contributed by atoms with Crippen molar-refractivity contribution in [3.8, 4) is 0 Å². The lowest BCUT2D eigenvalue weighted by molar-refractivity contribution is 0.143. The molecule has 0 unspecified atom stereocenters. The minimum atomic E-state index is -0.287. The minimum Gasteiger partial charge on any atom is -0.440 e. The van der Waals surface area contributed by atoms with Crippen LogP contribution in [-0.4, -0.2) is 18.2 Å². The average Bonchev–Trinajstić information content (AvgIpc) is 2.61. The van der Waals surface area contributed by atoms with Gasteiger partial charge in [-0.2, -0.15) is 0 Å². The number of ether oxygens (including phenoxy) is 1. The van der Waals surface area contributed by atoms with Crippen LogP contribution in [-0.2, 0) is 4.74 Å². The molecule has 2 atom stereocenters. The van der Waals surface area contributed by atoms with E-state index in [0.29, 0.717) is 5.92 Å². The summed E-state index contributed by atoms with van der Waals surface area (Å²) in [6, 6.07) is 0.167. The van der Waals surface area contributed by atoms with Gasteiger partial charge >= 0.3 is 6.09 Å². The molecule has 14 heavy (non-hydrogen) atoms. The van der Waals surface area contributed by atoms with E-state index in [1.54, 1.807) is 6.08 Å². The normalized spacial score (nSPS) is 33.6. The number of hydrogen-bond acceptors (Lipinski definition) is 2. The summed E-state index contributed by atoms with van der Waals surface area (Å²) in [5.74, 6) is 0.582. The third-order valence-electron chi connectivity index (χ3n) is 3.27. The summed E-state index contributed by atoms with van der Waals surface area (Å²) in [4.78, 5) is 11.1. The molecule has 1 saturated carbocycles. The van der Waals surface area contributed by atoms with Crippen LogP contribution in [0.3, 0.4) is 0 Å². The Balaban J connectivity index is 2.00. The van der Waals surface area contributed by atoms with Gasteiger partial charge < -0.3 is 10.1 Å². The first-order valence-electron chi connectivity index (χ1n) is 5.41. The number of rotatable bonds is 2. The summed E-state index contributed by atoms with van der Waals surface area (Å²) < 4.78 is 5.11. The maximum atomic E-state index is 11.1. The van der Waals surface area contributed by atoms with E-state index in [1.165, 1.54) is 32.1 Å². The number of carbonyl (C=O) groups excluding carboxylic acids is 1. The van der Waals surface area contributed by atoms with Gasteiger partial charge in [0, 0.05) is 0 Å². The van der Waals surface area contributed by atoms with Crippen molar-refractivity contribution in [2.24, 2.45) is 5.92 Å². The highest BCUT2D eigenvalue weighted by Crippen LogP contribution is 2.30. The van der Waals surface area contributed by atoms with Gasteiger partial charge in [-0.05, 0) is 24.8 Å². The van der Waals surface area contributed by atoms with Gasteiger partial charge in [0.05, 0.1) is 6.04 Å². The number of hydrogen-bond donors (Lipinski definition) is 1. The molecule has 3 heteroatoms. The van der Waals surface area contributed by atoms with E-state index in [2.05, 4.69) is 11.9 Å². The Kier molecular flexibility index (Phi) is 2.75. The summed E-state index contributed by atoms with van der Waals surface area (Å²) in [6.45, 7) is 3.70. The first-order valence-corrected chi connectivity index (χ1v) is 5.41. The fraction of sp³-hybridized carbons (Fsp3) is 0.727. The largest absolute Gasteiger partial charge is 0.440 e. The van der Waals surface area contributed by atoms with Crippen LogP contribution in [0.1, 0.15) is 32.1 Å². The van der Waals surface area contributed by atoms with Gasteiger partial charge in [-0.1, -0.05) is 25.8 Å². The van der Waals surface area contributed by atoms with E-state index in [4.69, 9.17) is 4.74 Å². The number of alkyl carbamates (subject to hydrolysis) is 1. The highest BCUT2D eigenvalue weighted by molar-refractivity contribution is 5.70. The molecule has 2 fully saturated rings. The third-order valence-corrected chi connectivity index (χ3v) is 3.27. The van der Waals surface area contributed by atoms with Crippen molar-refractivity contribution in [2.75, 3.05) is 0 Å². The van der Waals surface area contributed by atoms with Crippen LogP contribution in [0.25, 0.3) is 0 Å². The monoisotopic (exact) mass is 195 g/mol. The molecule has 0 radical (unpaired) electrons. The van der Waals surface area contributed by atoms with Crippen molar-refractivity contribution < 1.29 is 9.53 Å². The van der Waals surface area contributed by atoms with Crippen LogP contribution in [0.2, 0.25) is 0 Å². The van der Waals surface area contributed by atoms with Crippen molar-refractivity contribution in [2.45, 2.75) is 44.2 Å². The third kappa shape index (κ3) is 1.76. The highest BCUT2D eigenvalue weighted by Gasteiger charge is 2.37. The SMILES string of the molecule is C=C[C@@H]1OC(=O)N[C@@H]1C1CCCCC1. The van der Waals surface area contributed by atoms with Crippen molar-refractivity contribution in [1.82, 2.24) is 5.32 Å². The van der Waals surface area contributed by atoms with E-state index >= 15 is 0 Å². The maximum Gasteiger partial charge on any atom is 0.408 e. The first kappa shape index (κ1) is 9.56. The molecular formula is C11H17NO2. The van der Waals surface area contributed by atoms with E-state index < -0.39 is 0 Å². The Labute approximate surface area is 84.5 Å². The van der Waals surface area contributed by atoms with Crippen molar-refractivity contribution in [1.29, 1.82) is 0 Å². The zero-order chi connectivity index (χ0) is 9.97. The molecule has 1 aliphatic carbocycles. The molecule has 2 rings (SSSR count). The highest BCUT2D eigenvalue weighted by atomic mass is 16.6. The van der Waals surface area contributed by atoms with Gasteiger partial charge in [0.2, 0.25) is 0 Å². The molecule has 1 amide bonds. The number of cyclic esters (lactones) is 1. The van der Waals surface area contributed by atoms with Crippen LogP contribution in [0, 0.1) is 5.92 Å². The summed E-state index contributed by atoms with van der Waals surface area (Å²) in [7, 11) is 0. The second kappa shape index (κ2) is 4.03. The maximum absolute atomic E-state index is 11.1. The molecule has 1 N–H and O–H groups in total. The standard InChI is InChI=1S/C11H17NO2/c1-2-9-10(12-11(13)14-9)8-6-4-3-5-7-8/h2,8-10H,1,3-7H2,(H,12,13)/t9-,10+/m0/s1. The second-order valence-electron chi connectivity index (χ2n) is 4.17. The zero-order valence-corrected chi connectivity index (χ0v) is 8.37. The van der Waals surface area contributed by atoms with Crippen LogP contribution >= 0.6 is 0 Å². The Morgan fingerprint density at radius 3 is 2.71 bits per heavy atom. The molecule has 1 aliphatic heterocycles.